The maximum absolute atomic E-state index is 5.98. The molecule has 1 aromatic heterocycles. The molecule has 0 aliphatic carbocycles. The van der Waals surface area contributed by atoms with Gasteiger partial charge in [-0.3, -0.25) is 4.98 Å². The first-order valence-electron chi connectivity index (χ1n) is 4.29. The molecule has 0 aromatic carbocycles. The molecule has 0 spiro atoms. The third kappa shape index (κ3) is 2.05. The molecule has 0 unspecified atom stereocenters. The van der Waals surface area contributed by atoms with E-state index in [1.807, 2.05) is 25.3 Å². The SMILES string of the molecule is Cc1cc([C@H](N)C(C)C)ccn1. The lowest BCUT2D eigenvalue weighted by Gasteiger charge is -2.15. The summed E-state index contributed by atoms with van der Waals surface area (Å²) in [5.74, 6) is 0.479. The van der Waals surface area contributed by atoms with Crippen LogP contribution in [-0.2, 0) is 0 Å². The molecule has 2 nitrogen and oxygen atoms in total. The first-order chi connectivity index (χ1) is 5.61. The Morgan fingerprint density at radius 2 is 2.08 bits per heavy atom. The molecule has 0 saturated heterocycles. The number of aromatic nitrogens is 1. The number of hydrogen-bond acceptors (Lipinski definition) is 2. The van der Waals surface area contributed by atoms with Crippen LogP contribution in [-0.4, -0.2) is 4.98 Å². The summed E-state index contributed by atoms with van der Waals surface area (Å²) in [6.07, 6.45) is 1.81. The average Bonchev–Trinajstić information content (AvgIpc) is 2.03. The molecule has 0 radical (unpaired) electrons. The van der Waals surface area contributed by atoms with E-state index in [9.17, 15) is 0 Å². The highest BCUT2D eigenvalue weighted by atomic mass is 14.7. The second-order valence-corrected chi connectivity index (χ2v) is 3.50. The predicted molar refractivity (Wildman–Crippen MR) is 50.7 cm³/mol. The first-order valence-corrected chi connectivity index (χ1v) is 4.29. The second kappa shape index (κ2) is 3.68. The lowest BCUT2D eigenvalue weighted by atomic mass is 9.97. The fraction of sp³-hybridized carbons (Fsp3) is 0.500. The van der Waals surface area contributed by atoms with Crippen molar-refractivity contribution < 1.29 is 0 Å². The lowest BCUT2D eigenvalue weighted by molar-refractivity contribution is 0.513. The summed E-state index contributed by atoms with van der Waals surface area (Å²) in [5, 5.41) is 0. The number of aryl methyl sites for hydroxylation is 1. The zero-order chi connectivity index (χ0) is 9.14. The van der Waals surface area contributed by atoms with Crippen LogP contribution >= 0.6 is 0 Å². The van der Waals surface area contributed by atoms with Gasteiger partial charge in [-0.1, -0.05) is 13.8 Å². The number of nitrogens with two attached hydrogens (primary N) is 1. The summed E-state index contributed by atoms with van der Waals surface area (Å²) >= 11 is 0. The van der Waals surface area contributed by atoms with E-state index in [2.05, 4.69) is 18.8 Å². The third-order valence-corrected chi connectivity index (χ3v) is 2.02. The summed E-state index contributed by atoms with van der Waals surface area (Å²) < 4.78 is 0. The Labute approximate surface area is 73.8 Å². The summed E-state index contributed by atoms with van der Waals surface area (Å²) in [4.78, 5) is 4.13. The summed E-state index contributed by atoms with van der Waals surface area (Å²) in [5.41, 5.74) is 8.19. The van der Waals surface area contributed by atoms with Crippen LogP contribution in [0.15, 0.2) is 18.3 Å². The minimum Gasteiger partial charge on any atom is -0.324 e. The third-order valence-electron chi connectivity index (χ3n) is 2.02. The number of rotatable bonds is 2. The molecule has 1 rings (SSSR count). The Kier molecular flexibility index (Phi) is 2.82. The highest BCUT2D eigenvalue weighted by Gasteiger charge is 2.09. The lowest BCUT2D eigenvalue weighted by Crippen LogP contribution is -2.16. The van der Waals surface area contributed by atoms with Gasteiger partial charge in [0.2, 0.25) is 0 Å². The van der Waals surface area contributed by atoms with Crippen molar-refractivity contribution in [3.05, 3.63) is 29.6 Å². The molecule has 0 aliphatic rings. The predicted octanol–water partition coefficient (Wildman–Crippen LogP) is 2.05. The molecule has 0 saturated carbocycles. The van der Waals surface area contributed by atoms with Gasteiger partial charge >= 0.3 is 0 Å². The van der Waals surface area contributed by atoms with Crippen molar-refractivity contribution in [2.75, 3.05) is 0 Å². The van der Waals surface area contributed by atoms with Crippen molar-refractivity contribution >= 4 is 0 Å². The van der Waals surface area contributed by atoms with Crippen LogP contribution < -0.4 is 5.73 Å². The van der Waals surface area contributed by atoms with E-state index in [1.165, 1.54) is 5.56 Å². The molecule has 2 heteroatoms. The average molecular weight is 164 g/mol. The van der Waals surface area contributed by atoms with E-state index in [0.29, 0.717) is 5.92 Å². The largest absolute Gasteiger partial charge is 0.324 e. The van der Waals surface area contributed by atoms with E-state index in [0.717, 1.165) is 5.69 Å². The summed E-state index contributed by atoms with van der Waals surface area (Å²) in [7, 11) is 0. The van der Waals surface area contributed by atoms with Crippen LogP contribution in [0.2, 0.25) is 0 Å². The Morgan fingerprint density at radius 1 is 1.42 bits per heavy atom. The van der Waals surface area contributed by atoms with Crippen molar-refractivity contribution in [1.29, 1.82) is 0 Å². The number of hydrogen-bond donors (Lipinski definition) is 1. The molecule has 0 aliphatic heterocycles. The highest BCUT2D eigenvalue weighted by Crippen LogP contribution is 2.18. The highest BCUT2D eigenvalue weighted by molar-refractivity contribution is 5.19. The maximum Gasteiger partial charge on any atom is 0.0375 e. The van der Waals surface area contributed by atoms with Gasteiger partial charge in [0, 0.05) is 17.9 Å². The molecule has 0 amide bonds. The molecular formula is C10H16N2. The molecule has 66 valence electrons. The van der Waals surface area contributed by atoms with Crippen molar-refractivity contribution in [3.63, 3.8) is 0 Å². The number of pyridine rings is 1. The fourth-order valence-corrected chi connectivity index (χ4v) is 1.16. The van der Waals surface area contributed by atoms with Gasteiger partial charge in [-0.2, -0.15) is 0 Å². The summed E-state index contributed by atoms with van der Waals surface area (Å²) in [6, 6.07) is 4.16. The monoisotopic (exact) mass is 164 g/mol. The quantitative estimate of drug-likeness (QED) is 0.726. The molecule has 1 heterocycles. The van der Waals surface area contributed by atoms with Crippen LogP contribution in [0.4, 0.5) is 0 Å². The Bertz CT molecular complexity index is 256. The molecule has 0 fully saturated rings. The van der Waals surface area contributed by atoms with Crippen LogP contribution in [0.25, 0.3) is 0 Å². The van der Waals surface area contributed by atoms with Gasteiger partial charge in [-0.05, 0) is 30.5 Å². The van der Waals surface area contributed by atoms with Crippen molar-refractivity contribution in [2.45, 2.75) is 26.8 Å². The topological polar surface area (TPSA) is 38.9 Å². The minimum atomic E-state index is 0.131. The Hall–Kier alpha value is -0.890. The van der Waals surface area contributed by atoms with E-state index in [1.54, 1.807) is 0 Å². The molecule has 12 heavy (non-hydrogen) atoms. The molecule has 1 atom stereocenters. The van der Waals surface area contributed by atoms with Crippen LogP contribution in [0, 0.1) is 12.8 Å². The van der Waals surface area contributed by atoms with Gasteiger partial charge in [0.05, 0.1) is 0 Å². The van der Waals surface area contributed by atoms with E-state index < -0.39 is 0 Å². The fourth-order valence-electron chi connectivity index (χ4n) is 1.16. The van der Waals surface area contributed by atoms with Gasteiger partial charge in [0.1, 0.15) is 0 Å². The zero-order valence-corrected chi connectivity index (χ0v) is 7.91. The first kappa shape index (κ1) is 9.20. The maximum atomic E-state index is 5.98. The van der Waals surface area contributed by atoms with Crippen LogP contribution in [0.1, 0.15) is 31.1 Å². The Balaban J connectivity index is 2.88. The van der Waals surface area contributed by atoms with Gasteiger partial charge in [-0.15, -0.1) is 0 Å². The minimum absolute atomic E-state index is 0.131. The smallest absolute Gasteiger partial charge is 0.0375 e. The molecule has 0 bridgehead atoms. The van der Waals surface area contributed by atoms with Crippen LogP contribution in [0.5, 0.6) is 0 Å². The second-order valence-electron chi connectivity index (χ2n) is 3.50. The van der Waals surface area contributed by atoms with E-state index in [-0.39, 0.29) is 6.04 Å². The molecule has 2 N–H and O–H groups in total. The zero-order valence-electron chi connectivity index (χ0n) is 7.91. The van der Waals surface area contributed by atoms with E-state index in [4.69, 9.17) is 5.73 Å². The van der Waals surface area contributed by atoms with Crippen LogP contribution in [0.3, 0.4) is 0 Å². The van der Waals surface area contributed by atoms with Gasteiger partial charge in [0.25, 0.3) is 0 Å². The van der Waals surface area contributed by atoms with Gasteiger partial charge < -0.3 is 5.73 Å². The normalized spacial score (nSPS) is 13.4. The van der Waals surface area contributed by atoms with Crippen molar-refractivity contribution in [1.82, 2.24) is 4.98 Å². The Morgan fingerprint density at radius 3 is 2.58 bits per heavy atom. The van der Waals surface area contributed by atoms with Crippen molar-refractivity contribution in [2.24, 2.45) is 11.7 Å². The number of nitrogens with zero attached hydrogens (tertiary/aromatic N) is 1. The molecule has 1 aromatic rings. The standard InChI is InChI=1S/C10H16N2/c1-7(2)10(11)9-4-5-12-8(3)6-9/h4-7,10H,11H2,1-3H3/t10-/m1/s1. The van der Waals surface area contributed by atoms with Gasteiger partial charge in [-0.25, -0.2) is 0 Å². The summed E-state index contributed by atoms with van der Waals surface area (Å²) in [6.45, 7) is 6.23. The van der Waals surface area contributed by atoms with Crippen molar-refractivity contribution in [3.8, 4) is 0 Å². The van der Waals surface area contributed by atoms with E-state index >= 15 is 0 Å². The van der Waals surface area contributed by atoms with Gasteiger partial charge in [0.15, 0.2) is 0 Å². The molecular weight excluding hydrogens is 148 g/mol.